The van der Waals surface area contributed by atoms with Gasteiger partial charge in [0.25, 0.3) is 0 Å². The lowest BCUT2D eigenvalue weighted by Crippen LogP contribution is -2.32. The Hall–Kier alpha value is -1.06. The van der Waals surface area contributed by atoms with Crippen LogP contribution in [0.25, 0.3) is 0 Å². The molecule has 0 aliphatic carbocycles. The largest absolute Gasteiger partial charge is 0.481 e. The van der Waals surface area contributed by atoms with Gasteiger partial charge in [-0.25, -0.2) is 0 Å². The molecule has 0 aromatic rings. The van der Waals surface area contributed by atoms with Crippen LogP contribution in [0.3, 0.4) is 0 Å². The van der Waals surface area contributed by atoms with E-state index in [0.717, 1.165) is 12.8 Å². The molecular formula is C19H37NO3. The number of carbonyl (C=O) groups excluding carboxylic acids is 1. The van der Waals surface area contributed by atoms with Gasteiger partial charge in [0.2, 0.25) is 5.91 Å². The zero-order valence-corrected chi connectivity index (χ0v) is 15.2. The fourth-order valence-electron chi connectivity index (χ4n) is 2.71. The number of unbranched alkanes of at least 4 members (excludes halogenated alkanes) is 10. The van der Waals surface area contributed by atoms with Crippen LogP contribution in [0.4, 0.5) is 0 Å². The molecule has 0 aliphatic rings. The second-order valence-corrected chi connectivity index (χ2v) is 6.69. The smallest absolute Gasteiger partial charge is 0.303 e. The van der Waals surface area contributed by atoms with Gasteiger partial charge in [0, 0.05) is 18.9 Å². The van der Waals surface area contributed by atoms with E-state index in [9.17, 15) is 9.59 Å². The summed E-state index contributed by atoms with van der Waals surface area (Å²) in [6.07, 6.45) is 15.2. The van der Waals surface area contributed by atoms with E-state index in [4.69, 9.17) is 5.11 Å². The van der Waals surface area contributed by atoms with Crippen molar-refractivity contribution < 1.29 is 14.7 Å². The number of carboxylic acids is 1. The summed E-state index contributed by atoms with van der Waals surface area (Å²) in [5.74, 6) is -0.754. The molecule has 23 heavy (non-hydrogen) atoms. The predicted molar refractivity (Wildman–Crippen MR) is 95.6 cm³/mol. The molecular weight excluding hydrogens is 290 g/mol. The fraction of sp³-hybridized carbons (Fsp3) is 0.895. The van der Waals surface area contributed by atoms with E-state index in [1.165, 1.54) is 57.8 Å². The third-order valence-corrected chi connectivity index (χ3v) is 4.21. The average molecular weight is 328 g/mol. The first-order chi connectivity index (χ1) is 11.1. The highest BCUT2D eigenvalue weighted by Gasteiger charge is 2.08. The standard InChI is InChI=1S/C19H37NO3/c1-3-4-5-6-7-8-9-10-11-12-13-14-18(21)20-17(2)15-16-19(22)23/h17H,3-16H2,1-2H3,(H,20,21)(H,22,23). The molecule has 0 aromatic heterocycles. The summed E-state index contributed by atoms with van der Waals surface area (Å²) >= 11 is 0. The molecule has 0 saturated heterocycles. The van der Waals surface area contributed by atoms with Crippen LogP contribution >= 0.6 is 0 Å². The van der Waals surface area contributed by atoms with Gasteiger partial charge in [0.1, 0.15) is 0 Å². The number of amides is 1. The maximum Gasteiger partial charge on any atom is 0.303 e. The van der Waals surface area contributed by atoms with Gasteiger partial charge in [-0.3, -0.25) is 9.59 Å². The predicted octanol–water partition coefficient (Wildman–Crippen LogP) is 5.06. The van der Waals surface area contributed by atoms with E-state index in [-0.39, 0.29) is 18.4 Å². The Bertz CT molecular complexity index is 305. The lowest BCUT2D eigenvalue weighted by molar-refractivity contribution is -0.137. The molecule has 2 N–H and O–H groups in total. The number of rotatable bonds is 16. The first-order valence-corrected chi connectivity index (χ1v) is 9.57. The van der Waals surface area contributed by atoms with Crippen LogP contribution in [0.1, 0.15) is 104 Å². The summed E-state index contributed by atoms with van der Waals surface area (Å²) in [4.78, 5) is 22.2. The molecule has 4 heteroatoms. The van der Waals surface area contributed by atoms with Crippen molar-refractivity contribution in [2.75, 3.05) is 0 Å². The number of carbonyl (C=O) groups is 2. The van der Waals surface area contributed by atoms with Crippen LogP contribution in [-0.4, -0.2) is 23.0 Å². The van der Waals surface area contributed by atoms with Crippen molar-refractivity contribution in [2.24, 2.45) is 0 Å². The van der Waals surface area contributed by atoms with Crippen LogP contribution < -0.4 is 5.32 Å². The van der Waals surface area contributed by atoms with Gasteiger partial charge in [0.05, 0.1) is 0 Å². The van der Waals surface area contributed by atoms with Crippen molar-refractivity contribution in [3.8, 4) is 0 Å². The van der Waals surface area contributed by atoms with E-state index in [0.29, 0.717) is 12.8 Å². The molecule has 1 atom stereocenters. The van der Waals surface area contributed by atoms with Crippen molar-refractivity contribution in [3.63, 3.8) is 0 Å². The van der Waals surface area contributed by atoms with Gasteiger partial charge < -0.3 is 10.4 Å². The Kier molecular flexibility index (Phi) is 15.1. The second kappa shape index (κ2) is 15.8. The Morgan fingerprint density at radius 2 is 1.30 bits per heavy atom. The van der Waals surface area contributed by atoms with Crippen LogP contribution in [0.5, 0.6) is 0 Å². The highest BCUT2D eigenvalue weighted by Crippen LogP contribution is 2.12. The van der Waals surface area contributed by atoms with Crippen LogP contribution in [0.15, 0.2) is 0 Å². The molecule has 1 unspecified atom stereocenters. The van der Waals surface area contributed by atoms with Crippen molar-refractivity contribution in [1.29, 1.82) is 0 Å². The number of hydrogen-bond acceptors (Lipinski definition) is 2. The van der Waals surface area contributed by atoms with Crippen LogP contribution in [-0.2, 0) is 9.59 Å². The molecule has 0 saturated carbocycles. The Morgan fingerprint density at radius 3 is 1.78 bits per heavy atom. The summed E-state index contributed by atoms with van der Waals surface area (Å²) in [5, 5.41) is 11.5. The molecule has 0 heterocycles. The van der Waals surface area contributed by atoms with E-state index >= 15 is 0 Å². The molecule has 1 amide bonds. The first-order valence-electron chi connectivity index (χ1n) is 9.57. The highest BCUT2D eigenvalue weighted by atomic mass is 16.4. The third-order valence-electron chi connectivity index (χ3n) is 4.21. The molecule has 0 fully saturated rings. The molecule has 0 radical (unpaired) electrons. The van der Waals surface area contributed by atoms with Gasteiger partial charge in [0.15, 0.2) is 0 Å². The van der Waals surface area contributed by atoms with E-state index in [1.807, 2.05) is 6.92 Å². The van der Waals surface area contributed by atoms with Gasteiger partial charge >= 0.3 is 5.97 Å². The minimum atomic E-state index is -0.809. The normalized spacial score (nSPS) is 12.1. The minimum absolute atomic E-state index is 0.0497. The molecule has 0 spiro atoms. The van der Waals surface area contributed by atoms with E-state index in [2.05, 4.69) is 12.2 Å². The molecule has 4 nitrogen and oxygen atoms in total. The van der Waals surface area contributed by atoms with Crippen molar-refractivity contribution in [2.45, 2.75) is 110 Å². The van der Waals surface area contributed by atoms with Gasteiger partial charge in [-0.15, -0.1) is 0 Å². The summed E-state index contributed by atoms with van der Waals surface area (Å²) in [6.45, 7) is 4.11. The molecule has 0 rings (SSSR count). The van der Waals surface area contributed by atoms with Gasteiger partial charge in [-0.05, 0) is 19.8 Å². The lowest BCUT2D eigenvalue weighted by atomic mass is 10.1. The molecule has 0 aromatic carbocycles. The van der Waals surface area contributed by atoms with Crippen LogP contribution in [0.2, 0.25) is 0 Å². The summed E-state index contributed by atoms with van der Waals surface area (Å²) in [7, 11) is 0. The monoisotopic (exact) mass is 327 g/mol. The zero-order chi connectivity index (χ0) is 17.3. The number of carboxylic acid groups (broad SMARTS) is 1. The number of hydrogen-bond donors (Lipinski definition) is 2. The first kappa shape index (κ1) is 21.9. The Labute approximate surface area is 142 Å². The Balaban J connectivity index is 3.30. The van der Waals surface area contributed by atoms with E-state index < -0.39 is 5.97 Å². The topological polar surface area (TPSA) is 66.4 Å². The van der Waals surface area contributed by atoms with E-state index in [1.54, 1.807) is 0 Å². The molecule has 0 aliphatic heterocycles. The van der Waals surface area contributed by atoms with Crippen molar-refractivity contribution in [3.05, 3.63) is 0 Å². The maximum atomic E-state index is 11.7. The highest BCUT2D eigenvalue weighted by molar-refractivity contribution is 5.76. The third kappa shape index (κ3) is 17.1. The fourth-order valence-corrected chi connectivity index (χ4v) is 2.71. The summed E-state index contributed by atoms with van der Waals surface area (Å²) in [6, 6.07) is -0.0497. The van der Waals surface area contributed by atoms with Crippen molar-refractivity contribution in [1.82, 2.24) is 5.32 Å². The zero-order valence-electron chi connectivity index (χ0n) is 15.2. The molecule has 136 valence electrons. The average Bonchev–Trinajstić information content (AvgIpc) is 2.50. The number of nitrogens with one attached hydrogen (secondary N) is 1. The summed E-state index contributed by atoms with van der Waals surface area (Å²) < 4.78 is 0. The van der Waals surface area contributed by atoms with Crippen LogP contribution in [0, 0.1) is 0 Å². The number of aliphatic carboxylic acids is 1. The minimum Gasteiger partial charge on any atom is -0.481 e. The lowest BCUT2D eigenvalue weighted by Gasteiger charge is -2.12. The second-order valence-electron chi connectivity index (χ2n) is 6.69. The Morgan fingerprint density at radius 1 is 0.826 bits per heavy atom. The summed E-state index contributed by atoms with van der Waals surface area (Å²) in [5.41, 5.74) is 0. The van der Waals surface area contributed by atoms with Gasteiger partial charge in [-0.2, -0.15) is 0 Å². The SMILES string of the molecule is CCCCCCCCCCCCCC(=O)NC(C)CCC(=O)O. The van der Waals surface area contributed by atoms with Crippen molar-refractivity contribution >= 4 is 11.9 Å². The molecule has 0 bridgehead atoms. The maximum absolute atomic E-state index is 11.7. The quantitative estimate of drug-likeness (QED) is 0.389. The van der Waals surface area contributed by atoms with Gasteiger partial charge in [-0.1, -0.05) is 71.1 Å².